The van der Waals surface area contributed by atoms with E-state index in [9.17, 15) is 9.59 Å². The van der Waals surface area contributed by atoms with Crippen LogP contribution >= 0.6 is 0 Å². The lowest BCUT2D eigenvalue weighted by Crippen LogP contribution is -2.25. The van der Waals surface area contributed by atoms with Crippen LogP contribution in [0.1, 0.15) is 41.0 Å². The SMILES string of the molecule is COC(C)(C)CCNc1ccc2c(c1)C(=O)NC2=O. The fraction of sp³-hybridized carbons (Fsp3) is 0.429. The van der Waals surface area contributed by atoms with Crippen molar-refractivity contribution in [3.05, 3.63) is 29.3 Å². The molecule has 1 aliphatic heterocycles. The van der Waals surface area contributed by atoms with E-state index >= 15 is 0 Å². The summed E-state index contributed by atoms with van der Waals surface area (Å²) in [5, 5.41) is 5.50. The lowest BCUT2D eigenvalue weighted by molar-refractivity contribution is 0.0185. The summed E-state index contributed by atoms with van der Waals surface area (Å²) in [6, 6.07) is 5.17. The molecule has 0 atom stereocenters. The van der Waals surface area contributed by atoms with E-state index in [1.165, 1.54) is 0 Å². The van der Waals surface area contributed by atoms with Crippen molar-refractivity contribution in [3.8, 4) is 0 Å². The maximum Gasteiger partial charge on any atom is 0.259 e. The molecule has 5 heteroatoms. The molecule has 5 nitrogen and oxygen atoms in total. The molecule has 2 N–H and O–H groups in total. The van der Waals surface area contributed by atoms with Crippen LogP contribution < -0.4 is 10.6 Å². The second-order valence-electron chi connectivity index (χ2n) is 5.18. The number of imide groups is 1. The zero-order chi connectivity index (χ0) is 14.0. The molecule has 0 saturated carbocycles. The number of ether oxygens (including phenoxy) is 1. The quantitative estimate of drug-likeness (QED) is 0.794. The molecular weight excluding hydrogens is 244 g/mol. The maximum absolute atomic E-state index is 11.5. The molecule has 1 aromatic carbocycles. The first-order valence-electron chi connectivity index (χ1n) is 6.22. The van der Waals surface area contributed by atoms with Crippen LogP contribution in [0.3, 0.4) is 0 Å². The van der Waals surface area contributed by atoms with Crippen molar-refractivity contribution >= 4 is 17.5 Å². The van der Waals surface area contributed by atoms with Crippen LogP contribution in [0, 0.1) is 0 Å². The Morgan fingerprint density at radius 1 is 1.21 bits per heavy atom. The second kappa shape index (κ2) is 5.01. The van der Waals surface area contributed by atoms with Gasteiger partial charge in [0.25, 0.3) is 11.8 Å². The van der Waals surface area contributed by atoms with Gasteiger partial charge in [0.15, 0.2) is 0 Å². The van der Waals surface area contributed by atoms with Crippen LogP contribution in [-0.4, -0.2) is 31.1 Å². The Morgan fingerprint density at radius 2 is 1.89 bits per heavy atom. The molecule has 0 bridgehead atoms. The number of anilines is 1. The molecule has 0 radical (unpaired) electrons. The lowest BCUT2D eigenvalue weighted by atomic mass is 10.1. The average molecular weight is 262 g/mol. The van der Waals surface area contributed by atoms with Crippen molar-refractivity contribution in [2.45, 2.75) is 25.9 Å². The minimum atomic E-state index is -0.333. The second-order valence-corrected chi connectivity index (χ2v) is 5.18. The molecule has 102 valence electrons. The molecule has 0 spiro atoms. The summed E-state index contributed by atoms with van der Waals surface area (Å²) in [7, 11) is 1.69. The van der Waals surface area contributed by atoms with Gasteiger partial charge >= 0.3 is 0 Å². The summed E-state index contributed by atoms with van der Waals surface area (Å²) in [4.78, 5) is 22.9. The van der Waals surface area contributed by atoms with E-state index in [1.54, 1.807) is 25.3 Å². The summed E-state index contributed by atoms with van der Waals surface area (Å²) >= 11 is 0. The predicted molar refractivity (Wildman–Crippen MR) is 72.4 cm³/mol. The monoisotopic (exact) mass is 262 g/mol. The molecule has 0 aliphatic carbocycles. The fourth-order valence-electron chi connectivity index (χ4n) is 1.89. The van der Waals surface area contributed by atoms with Crippen molar-refractivity contribution in [2.24, 2.45) is 0 Å². The Bertz CT molecular complexity index is 523. The van der Waals surface area contributed by atoms with E-state index in [2.05, 4.69) is 10.6 Å². The number of rotatable bonds is 5. The van der Waals surface area contributed by atoms with Crippen molar-refractivity contribution in [1.29, 1.82) is 0 Å². The molecular formula is C14H18N2O3. The number of fused-ring (bicyclic) bond motifs is 1. The first-order chi connectivity index (χ1) is 8.93. The van der Waals surface area contributed by atoms with Gasteiger partial charge in [-0.2, -0.15) is 0 Å². The minimum absolute atomic E-state index is 0.183. The van der Waals surface area contributed by atoms with Crippen LogP contribution in [0.2, 0.25) is 0 Å². The molecule has 1 aromatic rings. The van der Waals surface area contributed by atoms with Crippen molar-refractivity contribution in [3.63, 3.8) is 0 Å². The van der Waals surface area contributed by atoms with Crippen LogP contribution in [0.4, 0.5) is 5.69 Å². The van der Waals surface area contributed by atoms with Gasteiger partial charge in [-0.1, -0.05) is 0 Å². The number of carbonyl (C=O) groups is 2. The first kappa shape index (κ1) is 13.5. The summed E-state index contributed by atoms with van der Waals surface area (Å²) < 4.78 is 5.33. The number of hydrogen-bond acceptors (Lipinski definition) is 4. The van der Waals surface area contributed by atoms with Crippen LogP contribution in [0.15, 0.2) is 18.2 Å². The van der Waals surface area contributed by atoms with Gasteiger partial charge in [0.05, 0.1) is 16.7 Å². The highest BCUT2D eigenvalue weighted by Gasteiger charge is 2.26. The number of carbonyl (C=O) groups excluding carboxylic acids is 2. The fourth-order valence-corrected chi connectivity index (χ4v) is 1.89. The smallest absolute Gasteiger partial charge is 0.259 e. The molecule has 0 saturated heterocycles. The number of amides is 2. The number of methoxy groups -OCH3 is 1. The maximum atomic E-state index is 11.5. The standard InChI is InChI=1S/C14H18N2O3/c1-14(2,19-3)6-7-15-9-4-5-10-11(8-9)13(18)16-12(10)17/h4-5,8,15H,6-7H2,1-3H3,(H,16,17,18). The molecule has 0 unspecified atom stereocenters. The summed E-state index contributed by atoms with van der Waals surface area (Å²) in [5.74, 6) is -0.659. The highest BCUT2D eigenvalue weighted by atomic mass is 16.5. The van der Waals surface area contributed by atoms with Crippen molar-refractivity contribution in [1.82, 2.24) is 5.32 Å². The third-order valence-corrected chi connectivity index (χ3v) is 3.34. The van der Waals surface area contributed by atoms with Gasteiger partial charge in [-0.25, -0.2) is 0 Å². The van der Waals surface area contributed by atoms with Gasteiger partial charge in [0.2, 0.25) is 0 Å². The Labute approximate surface area is 112 Å². The van der Waals surface area contributed by atoms with Gasteiger partial charge in [0.1, 0.15) is 0 Å². The van der Waals surface area contributed by atoms with Crippen molar-refractivity contribution < 1.29 is 14.3 Å². The zero-order valence-corrected chi connectivity index (χ0v) is 11.4. The largest absolute Gasteiger partial charge is 0.385 e. The molecule has 19 heavy (non-hydrogen) atoms. The number of nitrogens with one attached hydrogen (secondary N) is 2. The van der Waals surface area contributed by atoms with E-state index in [0.717, 1.165) is 18.7 Å². The Morgan fingerprint density at radius 3 is 2.58 bits per heavy atom. The highest BCUT2D eigenvalue weighted by molar-refractivity contribution is 6.21. The van der Waals surface area contributed by atoms with Crippen LogP contribution in [-0.2, 0) is 4.74 Å². The normalized spacial score (nSPS) is 14.3. The molecule has 2 amide bonds. The third kappa shape index (κ3) is 2.93. The number of hydrogen-bond donors (Lipinski definition) is 2. The third-order valence-electron chi connectivity index (χ3n) is 3.34. The lowest BCUT2D eigenvalue weighted by Gasteiger charge is -2.23. The minimum Gasteiger partial charge on any atom is -0.385 e. The van der Waals surface area contributed by atoms with Crippen molar-refractivity contribution in [2.75, 3.05) is 19.0 Å². The topological polar surface area (TPSA) is 67.4 Å². The van der Waals surface area contributed by atoms with E-state index in [0.29, 0.717) is 11.1 Å². The molecule has 0 aromatic heterocycles. The zero-order valence-electron chi connectivity index (χ0n) is 11.4. The van der Waals surface area contributed by atoms with E-state index in [4.69, 9.17) is 4.74 Å². The molecule has 2 rings (SSSR count). The first-order valence-corrected chi connectivity index (χ1v) is 6.22. The summed E-state index contributed by atoms with van der Waals surface area (Å²) in [6.45, 7) is 4.77. The molecule has 1 aliphatic rings. The van der Waals surface area contributed by atoms with E-state index in [-0.39, 0.29) is 17.4 Å². The van der Waals surface area contributed by atoms with Gasteiger partial charge < -0.3 is 10.1 Å². The van der Waals surface area contributed by atoms with Crippen LogP contribution in [0.25, 0.3) is 0 Å². The number of benzene rings is 1. The van der Waals surface area contributed by atoms with Gasteiger partial charge in [0, 0.05) is 19.3 Å². The molecule has 1 heterocycles. The predicted octanol–water partition coefficient (Wildman–Crippen LogP) is 1.80. The Balaban J connectivity index is 2.02. The van der Waals surface area contributed by atoms with E-state index < -0.39 is 0 Å². The van der Waals surface area contributed by atoms with Gasteiger partial charge in [-0.3, -0.25) is 14.9 Å². The van der Waals surface area contributed by atoms with Gasteiger partial charge in [-0.15, -0.1) is 0 Å². The summed E-state index contributed by atoms with van der Waals surface area (Å²) in [5.41, 5.74) is 1.51. The average Bonchev–Trinajstić information content (AvgIpc) is 2.65. The van der Waals surface area contributed by atoms with Gasteiger partial charge in [-0.05, 0) is 38.5 Å². The Kier molecular flexibility index (Phi) is 3.57. The summed E-state index contributed by atoms with van der Waals surface area (Å²) in [6.07, 6.45) is 0.839. The Hall–Kier alpha value is -1.88. The highest BCUT2D eigenvalue weighted by Crippen LogP contribution is 2.21. The van der Waals surface area contributed by atoms with E-state index in [1.807, 2.05) is 13.8 Å². The van der Waals surface area contributed by atoms with Crippen LogP contribution in [0.5, 0.6) is 0 Å². The molecule has 0 fully saturated rings.